The quantitative estimate of drug-likeness (QED) is 0.738. The van der Waals surface area contributed by atoms with Crippen molar-refractivity contribution in [2.24, 2.45) is 0 Å². The minimum atomic E-state index is -0.0830. The smallest absolute Gasteiger partial charge is 0.200 e. The molecule has 3 rings (SSSR count). The van der Waals surface area contributed by atoms with E-state index in [1.807, 2.05) is 12.1 Å². The highest BCUT2D eigenvalue weighted by Gasteiger charge is 2.13. The highest BCUT2D eigenvalue weighted by molar-refractivity contribution is 5.83. The van der Waals surface area contributed by atoms with Gasteiger partial charge in [-0.1, -0.05) is 12.1 Å². The van der Waals surface area contributed by atoms with E-state index in [1.54, 1.807) is 44.6 Å². The summed E-state index contributed by atoms with van der Waals surface area (Å²) >= 11 is 0. The van der Waals surface area contributed by atoms with Crippen LogP contribution in [-0.2, 0) is 0 Å². The molecule has 0 aliphatic rings. The Morgan fingerprint density at radius 3 is 2.52 bits per heavy atom. The summed E-state index contributed by atoms with van der Waals surface area (Å²) in [7, 11) is 3.14. The molecule has 0 aliphatic carbocycles. The molecule has 106 valence electrons. The van der Waals surface area contributed by atoms with Crippen LogP contribution in [0, 0.1) is 0 Å². The van der Waals surface area contributed by atoms with Gasteiger partial charge in [0, 0.05) is 11.6 Å². The Kier molecular flexibility index (Phi) is 3.36. The standard InChI is InChI=1S/C17H14O4/c1-19-11-7-8-12(16(9-11)20-2)14-10-21-15-6-4-3-5-13(15)17(14)18/h3-10H,1-2H3. The number of rotatable bonds is 3. The van der Waals surface area contributed by atoms with Crippen LogP contribution in [0.2, 0.25) is 0 Å². The number of fused-ring (bicyclic) bond motifs is 1. The van der Waals surface area contributed by atoms with Crippen molar-refractivity contribution < 1.29 is 13.9 Å². The van der Waals surface area contributed by atoms with Crippen molar-refractivity contribution in [2.75, 3.05) is 14.2 Å². The molecule has 0 saturated heterocycles. The molecule has 1 heterocycles. The lowest BCUT2D eigenvalue weighted by atomic mass is 10.0. The van der Waals surface area contributed by atoms with Crippen molar-refractivity contribution in [1.82, 2.24) is 0 Å². The molecule has 0 atom stereocenters. The van der Waals surface area contributed by atoms with Gasteiger partial charge in [-0.15, -0.1) is 0 Å². The second-order valence-electron chi connectivity index (χ2n) is 4.54. The van der Waals surface area contributed by atoms with Crippen LogP contribution in [0.3, 0.4) is 0 Å². The predicted molar refractivity (Wildman–Crippen MR) is 81.0 cm³/mol. The largest absolute Gasteiger partial charge is 0.497 e. The van der Waals surface area contributed by atoms with Gasteiger partial charge in [0.25, 0.3) is 0 Å². The molecule has 0 fully saturated rings. The Bertz CT molecular complexity index is 849. The van der Waals surface area contributed by atoms with Crippen molar-refractivity contribution >= 4 is 11.0 Å². The average molecular weight is 282 g/mol. The van der Waals surface area contributed by atoms with E-state index in [4.69, 9.17) is 13.9 Å². The van der Waals surface area contributed by atoms with Crippen molar-refractivity contribution in [3.63, 3.8) is 0 Å². The molecule has 4 heteroatoms. The molecular formula is C17H14O4. The fourth-order valence-electron chi connectivity index (χ4n) is 2.28. The topological polar surface area (TPSA) is 48.7 Å². The third kappa shape index (κ3) is 2.25. The van der Waals surface area contributed by atoms with Gasteiger partial charge in [-0.2, -0.15) is 0 Å². The van der Waals surface area contributed by atoms with E-state index >= 15 is 0 Å². The van der Waals surface area contributed by atoms with E-state index in [1.165, 1.54) is 6.26 Å². The van der Waals surface area contributed by atoms with Crippen molar-refractivity contribution in [2.45, 2.75) is 0 Å². The van der Waals surface area contributed by atoms with Gasteiger partial charge in [-0.05, 0) is 24.3 Å². The minimum Gasteiger partial charge on any atom is -0.497 e. The Morgan fingerprint density at radius 2 is 1.76 bits per heavy atom. The summed E-state index contributed by atoms with van der Waals surface area (Å²) in [5.74, 6) is 1.23. The maximum atomic E-state index is 12.6. The summed E-state index contributed by atoms with van der Waals surface area (Å²) in [5.41, 5.74) is 1.63. The van der Waals surface area contributed by atoms with Crippen LogP contribution in [-0.4, -0.2) is 14.2 Å². The molecule has 0 N–H and O–H groups in total. The maximum Gasteiger partial charge on any atom is 0.200 e. The second kappa shape index (κ2) is 5.32. The molecule has 2 aromatic carbocycles. The first kappa shape index (κ1) is 13.2. The highest BCUT2D eigenvalue weighted by atomic mass is 16.5. The normalized spacial score (nSPS) is 10.6. The molecular weight excluding hydrogens is 268 g/mol. The molecule has 0 spiro atoms. The van der Waals surface area contributed by atoms with Gasteiger partial charge in [0.15, 0.2) is 0 Å². The van der Waals surface area contributed by atoms with Gasteiger partial charge in [-0.3, -0.25) is 4.79 Å². The molecule has 0 unspecified atom stereocenters. The number of para-hydroxylation sites is 1. The van der Waals surface area contributed by atoms with Gasteiger partial charge in [0.1, 0.15) is 23.3 Å². The molecule has 0 saturated carbocycles. The van der Waals surface area contributed by atoms with Crippen LogP contribution in [0.25, 0.3) is 22.1 Å². The third-order valence-electron chi connectivity index (χ3n) is 3.38. The Hall–Kier alpha value is -2.75. The van der Waals surface area contributed by atoms with Crippen LogP contribution in [0.5, 0.6) is 11.5 Å². The minimum absolute atomic E-state index is 0.0830. The van der Waals surface area contributed by atoms with Crippen LogP contribution >= 0.6 is 0 Å². The van der Waals surface area contributed by atoms with Crippen molar-refractivity contribution in [3.05, 3.63) is 59.0 Å². The summed E-state index contributed by atoms with van der Waals surface area (Å²) in [6.07, 6.45) is 1.47. The lowest BCUT2D eigenvalue weighted by molar-refractivity contribution is 0.395. The molecule has 1 aromatic heterocycles. The Morgan fingerprint density at radius 1 is 0.952 bits per heavy atom. The van der Waals surface area contributed by atoms with E-state index in [2.05, 4.69) is 0 Å². The van der Waals surface area contributed by atoms with Gasteiger partial charge in [-0.25, -0.2) is 0 Å². The van der Waals surface area contributed by atoms with E-state index in [-0.39, 0.29) is 5.43 Å². The Balaban J connectivity index is 2.25. The van der Waals surface area contributed by atoms with Crippen molar-refractivity contribution in [1.29, 1.82) is 0 Å². The second-order valence-corrected chi connectivity index (χ2v) is 4.54. The number of methoxy groups -OCH3 is 2. The van der Waals surface area contributed by atoms with Crippen LogP contribution in [0.15, 0.2) is 57.9 Å². The van der Waals surface area contributed by atoms with E-state index < -0.39 is 0 Å². The number of benzene rings is 2. The van der Waals surface area contributed by atoms with E-state index in [0.717, 1.165) is 0 Å². The molecule has 0 amide bonds. The zero-order chi connectivity index (χ0) is 14.8. The number of hydrogen-bond donors (Lipinski definition) is 0. The molecule has 0 bridgehead atoms. The molecule has 3 aromatic rings. The third-order valence-corrected chi connectivity index (χ3v) is 3.38. The van der Waals surface area contributed by atoms with Gasteiger partial charge in [0.05, 0.1) is 25.2 Å². The van der Waals surface area contributed by atoms with Crippen LogP contribution in [0.4, 0.5) is 0 Å². The highest BCUT2D eigenvalue weighted by Crippen LogP contribution is 2.32. The van der Waals surface area contributed by atoms with Crippen LogP contribution < -0.4 is 14.9 Å². The lowest BCUT2D eigenvalue weighted by Crippen LogP contribution is -2.05. The first-order chi connectivity index (χ1) is 10.2. The summed E-state index contributed by atoms with van der Waals surface area (Å²) in [5, 5.41) is 0.549. The monoisotopic (exact) mass is 282 g/mol. The molecule has 4 nitrogen and oxygen atoms in total. The van der Waals surface area contributed by atoms with Crippen molar-refractivity contribution in [3.8, 4) is 22.6 Å². The zero-order valence-electron chi connectivity index (χ0n) is 11.8. The lowest BCUT2D eigenvalue weighted by Gasteiger charge is -2.10. The summed E-state index contributed by atoms with van der Waals surface area (Å²) in [6, 6.07) is 12.5. The van der Waals surface area contributed by atoms with Gasteiger partial charge in [0.2, 0.25) is 5.43 Å². The van der Waals surface area contributed by atoms with E-state index in [0.29, 0.717) is 33.6 Å². The van der Waals surface area contributed by atoms with Crippen LogP contribution in [0.1, 0.15) is 0 Å². The fourth-order valence-corrected chi connectivity index (χ4v) is 2.28. The molecule has 21 heavy (non-hydrogen) atoms. The Labute approximate surface area is 121 Å². The molecule has 0 aliphatic heterocycles. The summed E-state index contributed by atoms with van der Waals surface area (Å²) in [6.45, 7) is 0. The zero-order valence-corrected chi connectivity index (χ0v) is 11.8. The number of hydrogen-bond acceptors (Lipinski definition) is 4. The summed E-state index contributed by atoms with van der Waals surface area (Å²) in [4.78, 5) is 12.6. The maximum absolute atomic E-state index is 12.6. The summed E-state index contributed by atoms with van der Waals surface area (Å²) < 4.78 is 16.1. The SMILES string of the molecule is COc1ccc(-c2coc3ccccc3c2=O)c(OC)c1. The fraction of sp³-hybridized carbons (Fsp3) is 0.118. The number of ether oxygens (including phenoxy) is 2. The molecule has 0 radical (unpaired) electrons. The first-order valence-electron chi connectivity index (χ1n) is 6.47. The van der Waals surface area contributed by atoms with Gasteiger partial charge >= 0.3 is 0 Å². The van der Waals surface area contributed by atoms with Gasteiger partial charge < -0.3 is 13.9 Å². The van der Waals surface area contributed by atoms with E-state index in [9.17, 15) is 4.79 Å². The first-order valence-corrected chi connectivity index (χ1v) is 6.47. The average Bonchev–Trinajstić information content (AvgIpc) is 2.55. The predicted octanol–water partition coefficient (Wildman–Crippen LogP) is 3.48.